The normalized spacial score (nSPS) is 17.4. The van der Waals surface area contributed by atoms with Crippen molar-refractivity contribution in [2.45, 2.75) is 0 Å². The zero-order valence-electron chi connectivity index (χ0n) is 17.7. The Labute approximate surface area is 203 Å². The summed E-state index contributed by atoms with van der Waals surface area (Å²) in [5.74, 6) is -1.23. The number of halogens is 1. The summed E-state index contributed by atoms with van der Waals surface area (Å²) in [7, 11) is 0. The second-order valence-corrected chi connectivity index (χ2v) is 8.80. The molecule has 0 aliphatic carbocycles. The highest BCUT2D eigenvalue weighted by atomic mass is 35.5. The first-order chi connectivity index (χ1) is 16.3. The highest BCUT2D eigenvalue weighted by Gasteiger charge is 2.36. The molecule has 2 saturated heterocycles. The smallest absolute Gasteiger partial charge is 0.294 e. The van der Waals surface area contributed by atoms with E-state index in [1.54, 1.807) is 30.3 Å². The van der Waals surface area contributed by atoms with E-state index in [1.165, 1.54) is 18.2 Å². The van der Waals surface area contributed by atoms with E-state index in [1.807, 2.05) is 4.90 Å². The predicted octanol–water partition coefficient (Wildman–Crippen LogP) is 3.76. The van der Waals surface area contributed by atoms with Crippen LogP contribution >= 0.6 is 23.4 Å². The van der Waals surface area contributed by atoms with Crippen LogP contribution in [0.4, 0.5) is 21.9 Å². The number of benzene rings is 2. The van der Waals surface area contributed by atoms with Crippen LogP contribution in [0, 0.1) is 10.1 Å². The molecule has 0 saturated carbocycles. The Hall–Kier alpha value is -3.41. The maximum atomic E-state index is 12.9. The Balaban J connectivity index is 1.56. The van der Waals surface area contributed by atoms with Gasteiger partial charge in [-0.2, -0.15) is 0 Å². The maximum absolute atomic E-state index is 12.9. The molecule has 2 aromatic carbocycles. The van der Waals surface area contributed by atoms with Gasteiger partial charge in [0.05, 0.1) is 33.8 Å². The number of non-ortho nitro benzene ring substituents is 1. The van der Waals surface area contributed by atoms with Gasteiger partial charge in [0.1, 0.15) is 6.54 Å². The Morgan fingerprint density at radius 3 is 2.65 bits per heavy atom. The third-order valence-corrected chi connectivity index (χ3v) is 6.42. The standard InChI is InChI=1S/C22H19ClN4O6S/c23-16-3-1-2-4-17(16)24-20(28)13-26-21(29)19(34-22(26)30)12-14-11-15(27(31)32)5-6-18(14)25-7-9-33-10-8-25/h1-6,11-12H,7-10,13H2,(H,24,28)/b19-12-. The molecule has 0 bridgehead atoms. The number of hydrogen-bond acceptors (Lipinski definition) is 8. The van der Waals surface area contributed by atoms with E-state index in [-0.39, 0.29) is 10.6 Å². The van der Waals surface area contributed by atoms with Gasteiger partial charge in [0.25, 0.3) is 16.8 Å². The summed E-state index contributed by atoms with van der Waals surface area (Å²) in [6.07, 6.45) is 1.45. The molecule has 34 heavy (non-hydrogen) atoms. The van der Waals surface area contributed by atoms with Crippen molar-refractivity contribution >= 4 is 63.6 Å². The number of carbonyl (C=O) groups excluding carboxylic acids is 3. The molecule has 2 fully saturated rings. The van der Waals surface area contributed by atoms with Crippen molar-refractivity contribution in [2.24, 2.45) is 0 Å². The highest BCUT2D eigenvalue weighted by molar-refractivity contribution is 8.18. The molecule has 0 radical (unpaired) electrons. The number of morpholine rings is 1. The van der Waals surface area contributed by atoms with Gasteiger partial charge in [-0.25, -0.2) is 0 Å². The zero-order valence-corrected chi connectivity index (χ0v) is 19.3. The number of hydrogen-bond donors (Lipinski definition) is 1. The molecule has 3 amide bonds. The van der Waals surface area contributed by atoms with Crippen molar-refractivity contribution in [3.8, 4) is 0 Å². The number of ether oxygens (including phenoxy) is 1. The van der Waals surface area contributed by atoms with Gasteiger partial charge < -0.3 is 15.0 Å². The molecule has 0 spiro atoms. The van der Waals surface area contributed by atoms with Crippen LogP contribution in [0.2, 0.25) is 5.02 Å². The molecule has 12 heteroatoms. The minimum Gasteiger partial charge on any atom is -0.378 e. The number of anilines is 2. The number of nitro benzene ring substituents is 1. The fourth-order valence-corrected chi connectivity index (χ4v) is 4.55. The number of amides is 3. The lowest BCUT2D eigenvalue weighted by molar-refractivity contribution is -0.384. The van der Waals surface area contributed by atoms with Crippen molar-refractivity contribution in [1.29, 1.82) is 0 Å². The summed E-state index contributed by atoms with van der Waals surface area (Å²) in [6.45, 7) is 1.70. The lowest BCUT2D eigenvalue weighted by Gasteiger charge is -2.30. The summed E-state index contributed by atoms with van der Waals surface area (Å²) in [4.78, 5) is 51.5. The Kier molecular flexibility index (Phi) is 7.15. The van der Waals surface area contributed by atoms with E-state index in [9.17, 15) is 24.5 Å². The monoisotopic (exact) mass is 502 g/mol. The number of carbonyl (C=O) groups is 3. The van der Waals surface area contributed by atoms with Gasteiger partial charge in [-0.1, -0.05) is 23.7 Å². The summed E-state index contributed by atoms with van der Waals surface area (Å²) in [6, 6.07) is 11.0. The largest absolute Gasteiger partial charge is 0.378 e. The molecule has 0 aromatic heterocycles. The second kappa shape index (κ2) is 10.2. The number of nitro groups is 1. The Bertz CT molecular complexity index is 1200. The molecule has 0 atom stereocenters. The SMILES string of the molecule is O=C(CN1C(=O)S/C(=C\c2cc([N+](=O)[O-])ccc2N2CCOCC2)C1=O)Nc1ccccc1Cl. The fraction of sp³-hybridized carbons (Fsp3) is 0.227. The second-order valence-electron chi connectivity index (χ2n) is 7.40. The average Bonchev–Trinajstić information content (AvgIpc) is 3.08. The van der Waals surface area contributed by atoms with Crippen LogP contribution in [-0.2, 0) is 14.3 Å². The first-order valence-corrected chi connectivity index (χ1v) is 11.4. The van der Waals surface area contributed by atoms with Gasteiger partial charge in [0.15, 0.2) is 0 Å². The van der Waals surface area contributed by atoms with Crippen molar-refractivity contribution in [2.75, 3.05) is 43.1 Å². The van der Waals surface area contributed by atoms with Crippen LogP contribution in [0.3, 0.4) is 0 Å². The number of imide groups is 1. The quantitative estimate of drug-likeness (QED) is 0.360. The first kappa shape index (κ1) is 23.7. The topological polar surface area (TPSA) is 122 Å². The van der Waals surface area contributed by atoms with Crippen LogP contribution < -0.4 is 10.2 Å². The van der Waals surface area contributed by atoms with Gasteiger partial charge in [-0.15, -0.1) is 0 Å². The minimum absolute atomic E-state index is 0.0746. The predicted molar refractivity (Wildman–Crippen MR) is 129 cm³/mol. The summed E-state index contributed by atoms with van der Waals surface area (Å²) < 4.78 is 5.37. The van der Waals surface area contributed by atoms with E-state index in [0.29, 0.717) is 60.0 Å². The minimum atomic E-state index is -0.649. The molecule has 1 N–H and O–H groups in total. The van der Waals surface area contributed by atoms with Crippen LogP contribution in [0.15, 0.2) is 47.4 Å². The third kappa shape index (κ3) is 5.22. The van der Waals surface area contributed by atoms with Gasteiger partial charge in [-0.3, -0.25) is 29.4 Å². The van der Waals surface area contributed by atoms with Crippen LogP contribution in [0.5, 0.6) is 0 Å². The van der Waals surface area contributed by atoms with Gasteiger partial charge >= 0.3 is 0 Å². The number of rotatable bonds is 6. The molecular weight excluding hydrogens is 484 g/mol. The summed E-state index contributed by atoms with van der Waals surface area (Å²) in [5.41, 5.74) is 1.35. The molecule has 2 aromatic rings. The van der Waals surface area contributed by atoms with Gasteiger partial charge in [0, 0.05) is 36.5 Å². The molecule has 2 aliphatic rings. The fourth-order valence-electron chi connectivity index (χ4n) is 3.54. The maximum Gasteiger partial charge on any atom is 0.294 e. The highest BCUT2D eigenvalue weighted by Crippen LogP contribution is 2.35. The van der Waals surface area contributed by atoms with Crippen molar-refractivity contribution in [1.82, 2.24) is 4.90 Å². The van der Waals surface area contributed by atoms with Crippen LogP contribution in [0.1, 0.15) is 5.56 Å². The lowest BCUT2D eigenvalue weighted by atomic mass is 10.1. The first-order valence-electron chi connectivity index (χ1n) is 10.2. The molecule has 10 nitrogen and oxygen atoms in total. The zero-order chi connectivity index (χ0) is 24.2. The molecule has 2 aliphatic heterocycles. The van der Waals surface area contributed by atoms with E-state index in [0.717, 1.165) is 4.90 Å². The molecular formula is C22H19ClN4O6S. The molecule has 0 unspecified atom stereocenters. The van der Waals surface area contributed by atoms with Crippen molar-refractivity contribution in [3.05, 3.63) is 68.1 Å². The third-order valence-electron chi connectivity index (χ3n) is 5.18. The number of nitrogens with one attached hydrogen (secondary N) is 1. The van der Waals surface area contributed by atoms with E-state index in [4.69, 9.17) is 16.3 Å². The van der Waals surface area contributed by atoms with Gasteiger partial charge in [-0.05, 0) is 36.0 Å². The Morgan fingerprint density at radius 1 is 1.21 bits per heavy atom. The van der Waals surface area contributed by atoms with Crippen LogP contribution in [0.25, 0.3) is 6.08 Å². The summed E-state index contributed by atoms with van der Waals surface area (Å²) in [5, 5.41) is 13.6. The van der Waals surface area contributed by atoms with E-state index < -0.39 is 28.5 Å². The Morgan fingerprint density at radius 2 is 1.94 bits per heavy atom. The van der Waals surface area contributed by atoms with E-state index in [2.05, 4.69) is 5.32 Å². The lowest BCUT2D eigenvalue weighted by Crippen LogP contribution is -2.36. The number of para-hydroxylation sites is 1. The number of nitrogens with zero attached hydrogens (tertiary/aromatic N) is 3. The molecule has 2 heterocycles. The van der Waals surface area contributed by atoms with E-state index >= 15 is 0 Å². The average molecular weight is 503 g/mol. The van der Waals surface area contributed by atoms with Gasteiger partial charge in [0.2, 0.25) is 5.91 Å². The number of thioether (sulfide) groups is 1. The van der Waals surface area contributed by atoms with Crippen molar-refractivity contribution in [3.63, 3.8) is 0 Å². The van der Waals surface area contributed by atoms with Crippen molar-refractivity contribution < 1.29 is 24.0 Å². The summed E-state index contributed by atoms with van der Waals surface area (Å²) >= 11 is 6.71. The van der Waals surface area contributed by atoms with Crippen LogP contribution in [-0.4, -0.2) is 59.7 Å². The molecule has 4 rings (SSSR count). The molecule has 176 valence electrons.